The zero-order chi connectivity index (χ0) is 51.2. The van der Waals surface area contributed by atoms with Crippen LogP contribution in [0.25, 0.3) is 0 Å². The van der Waals surface area contributed by atoms with E-state index in [2.05, 4.69) is 61.5 Å². The fourth-order valence-electron chi connectivity index (χ4n) is 13.4. The van der Waals surface area contributed by atoms with Crippen molar-refractivity contribution in [1.82, 2.24) is 0 Å². The van der Waals surface area contributed by atoms with E-state index in [0.29, 0.717) is 40.7 Å². The van der Waals surface area contributed by atoms with Crippen LogP contribution in [0.1, 0.15) is 256 Å². The number of carbonyl (C=O) groups is 3. The van der Waals surface area contributed by atoms with E-state index in [1.165, 1.54) is 116 Å². The molecule has 398 valence electrons. The van der Waals surface area contributed by atoms with Crippen LogP contribution in [0.5, 0.6) is 11.5 Å². The van der Waals surface area contributed by atoms with E-state index in [1.807, 2.05) is 6.92 Å². The van der Waals surface area contributed by atoms with Crippen LogP contribution in [0.15, 0.2) is 60.2 Å². The first-order valence-corrected chi connectivity index (χ1v) is 29.4. The van der Waals surface area contributed by atoms with Gasteiger partial charge in [-0.25, -0.2) is 9.59 Å². The third-order valence-electron chi connectivity index (χ3n) is 17.7. The minimum Gasteiger partial charge on any atom is -0.494 e. The van der Waals surface area contributed by atoms with E-state index >= 15 is 0 Å². The standard InChI is InChI=1S/C36H62O2.C28H38O5/c1-7-8-9-10-11-12-16-34(37)38-29-21-23-35(5)28(25-29)17-18-30-32-20-19-31(27(4)15-13-14-26(2)3)36(32,6)24-22-33(30)35;1-4-6-8-10-12-22(3)32-27(29)23-15-19-26(20-16-23)33-28(30)24-13-17-25(18-14-24)31-21-11-9-7-5-2/h17,26-27,29-33H,7-16,18-25H2,1-6H3;13-20,22H,4-12,21H2,1-3H3/t27-,29+,30+,31-,32+,33+,35+,36-;/m1./s1. The summed E-state index contributed by atoms with van der Waals surface area (Å²) in [6.07, 6.45) is 35.3. The summed E-state index contributed by atoms with van der Waals surface area (Å²) in [6.45, 7) is 21.8. The Morgan fingerprint density at radius 3 is 1.92 bits per heavy atom. The van der Waals surface area contributed by atoms with Gasteiger partial charge >= 0.3 is 17.9 Å². The van der Waals surface area contributed by atoms with E-state index in [-0.39, 0.29) is 24.1 Å². The van der Waals surface area contributed by atoms with Gasteiger partial charge in [0.25, 0.3) is 0 Å². The molecule has 0 amide bonds. The Hall–Kier alpha value is -3.61. The van der Waals surface area contributed by atoms with Gasteiger partial charge in [0.15, 0.2) is 0 Å². The van der Waals surface area contributed by atoms with E-state index < -0.39 is 5.97 Å². The Balaban J connectivity index is 0.000000267. The molecule has 3 saturated carbocycles. The van der Waals surface area contributed by atoms with Gasteiger partial charge in [-0.1, -0.05) is 157 Å². The molecule has 9 atom stereocenters. The normalized spacial score (nSPS) is 25.3. The molecule has 2 aromatic rings. The van der Waals surface area contributed by atoms with E-state index in [4.69, 9.17) is 18.9 Å². The van der Waals surface area contributed by atoms with Gasteiger partial charge in [-0.05, 0) is 172 Å². The largest absolute Gasteiger partial charge is 0.494 e. The maximum absolute atomic E-state index is 12.6. The smallest absolute Gasteiger partial charge is 0.343 e. The van der Waals surface area contributed by atoms with Crippen molar-refractivity contribution in [1.29, 1.82) is 0 Å². The first kappa shape index (κ1) is 58.3. The van der Waals surface area contributed by atoms with Crippen molar-refractivity contribution >= 4 is 17.9 Å². The van der Waals surface area contributed by atoms with Gasteiger partial charge in [-0.15, -0.1) is 0 Å². The molecule has 4 aliphatic carbocycles. The second-order valence-electron chi connectivity index (χ2n) is 23.6. The lowest BCUT2D eigenvalue weighted by Gasteiger charge is -2.58. The van der Waals surface area contributed by atoms with Crippen molar-refractivity contribution in [2.75, 3.05) is 6.61 Å². The van der Waals surface area contributed by atoms with Crippen LogP contribution < -0.4 is 9.47 Å². The molecule has 0 aromatic heterocycles. The Morgan fingerprint density at radius 2 is 1.24 bits per heavy atom. The summed E-state index contributed by atoms with van der Waals surface area (Å²) in [6, 6.07) is 13.4. The molecule has 3 fully saturated rings. The third kappa shape index (κ3) is 17.5. The number of hydrogen-bond acceptors (Lipinski definition) is 7. The molecular weight excluding hydrogens is 881 g/mol. The number of carbonyl (C=O) groups excluding carboxylic acids is 3. The summed E-state index contributed by atoms with van der Waals surface area (Å²) in [5.74, 6) is 5.64. The van der Waals surface area contributed by atoms with Gasteiger partial charge in [0.2, 0.25) is 0 Å². The van der Waals surface area contributed by atoms with E-state index in [9.17, 15) is 14.4 Å². The quantitative estimate of drug-likeness (QED) is 0.0363. The van der Waals surface area contributed by atoms with Gasteiger partial charge in [-0.2, -0.15) is 0 Å². The fourth-order valence-corrected chi connectivity index (χ4v) is 13.4. The van der Waals surface area contributed by atoms with Crippen LogP contribution in [-0.2, 0) is 14.3 Å². The number of fused-ring (bicyclic) bond motifs is 5. The molecule has 0 spiro atoms. The molecule has 7 nitrogen and oxygen atoms in total. The van der Waals surface area contributed by atoms with Crippen LogP contribution in [-0.4, -0.2) is 36.7 Å². The van der Waals surface area contributed by atoms with Crippen molar-refractivity contribution in [3.63, 3.8) is 0 Å². The topological polar surface area (TPSA) is 88.1 Å². The number of esters is 3. The van der Waals surface area contributed by atoms with Crippen molar-refractivity contribution in [3.05, 3.63) is 71.3 Å². The predicted octanol–water partition coefficient (Wildman–Crippen LogP) is 18.1. The lowest BCUT2D eigenvalue weighted by Crippen LogP contribution is -2.51. The highest BCUT2D eigenvalue weighted by Crippen LogP contribution is 2.67. The van der Waals surface area contributed by atoms with Crippen LogP contribution in [0.3, 0.4) is 0 Å². The summed E-state index contributed by atoms with van der Waals surface area (Å²) in [5.41, 5.74) is 3.42. The van der Waals surface area contributed by atoms with E-state index in [0.717, 1.165) is 92.6 Å². The summed E-state index contributed by atoms with van der Waals surface area (Å²) >= 11 is 0. The monoisotopic (exact) mass is 981 g/mol. The lowest BCUT2D eigenvalue weighted by atomic mass is 9.47. The van der Waals surface area contributed by atoms with Crippen molar-refractivity contribution in [3.8, 4) is 11.5 Å². The SMILES string of the molecule is CCCCCCCCC(=O)O[C@H]1CC[C@@]2(C)C(=CC[C@H]3[C@@H]4CC[C@H]([C@H](C)CCCC(C)C)[C@@]4(C)CC[C@@H]32)C1.CCCCCCOc1ccc(C(=O)Oc2ccc(C(=O)OC(C)CCCCCC)cc2)cc1. The zero-order valence-corrected chi connectivity index (χ0v) is 46.5. The van der Waals surface area contributed by atoms with E-state index in [1.54, 1.807) is 54.1 Å². The number of ether oxygens (including phenoxy) is 4. The summed E-state index contributed by atoms with van der Waals surface area (Å²) in [4.78, 5) is 37.3. The van der Waals surface area contributed by atoms with Crippen molar-refractivity contribution in [2.24, 2.45) is 46.3 Å². The minimum atomic E-state index is -0.458. The Kier molecular flexibility index (Phi) is 24.6. The first-order chi connectivity index (χ1) is 34.2. The minimum absolute atomic E-state index is 0.0522. The van der Waals surface area contributed by atoms with Gasteiger partial charge in [0, 0.05) is 12.8 Å². The molecule has 71 heavy (non-hydrogen) atoms. The number of hydrogen-bond donors (Lipinski definition) is 0. The summed E-state index contributed by atoms with van der Waals surface area (Å²) < 4.78 is 22.7. The number of unbranched alkanes of at least 4 members (excludes halogenated alkanes) is 11. The molecule has 0 bridgehead atoms. The first-order valence-electron chi connectivity index (χ1n) is 29.4. The molecule has 4 aliphatic rings. The number of rotatable bonds is 28. The predicted molar refractivity (Wildman–Crippen MR) is 292 cm³/mol. The average molecular weight is 981 g/mol. The molecule has 7 heteroatoms. The maximum Gasteiger partial charge on any atom is 0.343 e. The molecule has 1 unspecified atom stereocenters. The molecule has 0 N–H and O–H groups in total. The van der Waals surface area contributed by atoms with Crippen molar-refractivity contribution in [2.45, 2.75) is 248 Å². The van der Waals surface area contributed by atoms with Gasteiger partial charge in [0.1, 0.15) is 17.6 Å². The van der Waals surface area contributed by atoms with Gasteiger partial charge < -0.3 is 18.9 Å². The van der Waals surface area contributed by atoms with Gasteiger partial charge in [0.05, 0.1) is 23.8 Å². The summed E-state index contributed by atoms with van der Waals surface area (Å²) in [7, 11) is 0. The molecule has 6 rings (SSSR count). The Labute approximate surface area is 433 Å². The maximum atomic E-state index is 12.6. The highest BCUT2D eigenvalue weighted by molar-refractivity contribution is 5.92. The third-order valence-corrected chi connectivity index (χ3v) is 17.7. The van der Waals surface area contributed by atoms with Crippen molar-refractivity contribution < 1.29 is 33.3 Å². The average Bonchev–Trinajstić information content (AvgIpc) is 3.72. The molecule has 0 saturated heterocycles. The molecule has 0 aliphatic heterocycles. The van der Waals surface area contributed by atoms with Gasteiger partial charge in [-0.3, -0.25) is 4.79 Å². The molecule has 2 aromatic carbocycles. The Bertz CT molecular complexity index is 1900. The highest BCUT2D eigenvalue weighted by Gasteiger charge is 2.59. The zero-order valence-electron chi connectivity index (χ0n) is 46.5. The number of allylic oxidation sites excluding steroid dienone is 1. The second-order valence-corrected chi connectivity index (χ2v) is 23.6. The van der Waals surface area contributed by atoms with Crippen LogP contribution in [0, 0.1) is 46.3 Å². The summed E-state index contributed by atoms with van der Waals surface area (Å²) in [5, 5.41) is 0. The molecular formula is C64H100O7. The highest BCUT2D eigenvalue weighted by atomic mass is 16.5. The number of benzene rings is 2. The van der Waals surface area contributed by atoms with Crippen LogP contribution >= 0.6 is 0 Å². The molecule has 0 heterocycles. The second kappa shape index (κ2) is 29.9. The van der Waals surface area contributed by atoms with Crippen LogP contribution in [0.2, 0.25) is 0 Å². The fraction of sp³-hybridized carbons (Fsp3) is 0.734. The Morgan fingerprint density at radius 1 is 0.620 bits per heavy atom. The molecule has 0 radical (unpaired) electrons. The van der Waals surface area contributed by atoms with Crippen LogP contribution in [0.4, 0.5) is 0 Å². The lowest BCUT2D eigenvalue weighted by molar-refractivity contribution is -0.151.